The first-order valence-electron chi connectivity index (χ1n) is 6.54. The average Bonchev–Trinajstić information content (AvgIpc) is 2.59. The molecule has 0 aromatic rings. The maximum absolute atomic E-state index is 9.03. The second-order valence-corrected chi connectivity index (χ2v) is 4.94. The van der Waals surface area contributed by atoms with Crippen LogP contribution in [0.25, 0.3) is 0 Å². The highest BCUT2D eigenvalue weighted by Gasteiger charge is 2.34. The first-order chi connectivity index (χ1) is 7.81. The Bertz CT molecular complexity index is 195. The number of hydrogen-bond acceptors (Lipinski definition) is 4. The van der Waals surface area contributed by atoms with Crippen LogP contribution in [-0.2, 0) is 4.74 Å². The Morgan fingerprint density at radius 3 is 2.62 bits per heavy atom. The first kappa shape index (κ1) is 12.3. The minimum absolute atomic E-state index is 0.273. The normalized spacial score (nSPS) is 31.9. The Hall–Kier alpha value is -0.160. The summed E-state index contributed by atoms with van der Waals surface area (Å²) in [6.45, 7) is 6.56. The lowest BCUT2D eigenvalue weighted by Crippen LogP contribution is -2.49. The van der Waals surface area contributed by atoms with Gasteiger partial charge in [-0.05, 0) is 25.8 Å². The highest BCUT2D eigenvalue weighted by atomic mass is 16.5. The van der Waals surface area contributed by atoms with Crippen LogP contribution in [-0.4, -0.2) is 61.0 Å². The maximum Gasteiger partial charge on any atom is 0.0707 e. The fraction of sp³-hybridized carbons (Fsp3) is 1.00. The lowest BCUT2D eigenvalue weighted by atomic mass is 10.2. The van der Waals surface area contributed by atoms with Crippen molar-refractivity contribution in [2.45, 2.75) is 44.4 Å². The molecule has 0 radical (unpaired) electrons. The summed E-state index contributed by atoms with van der Waals surface area (Å²) >= 11 is 0. The summed E-state index contributed by atoms with van der Waals surface area (Å²) in [6, 6.07) is 0.424. The van der Waals surface area contributed by atoms with E-state index >= 15 is 0 Å². The summed E-state index contributed by atoms with van der Waals surface area (Å²) in [5.74, 6) is 0. The largest absolute Gasteiger partial charge is 0.396 e. The SMILES string of the molecule is CCNC(CCO)CN1CC2CCC(C1)O2. The second-order valence-electron chi connectivity index (χ2n) is 4.94. The first-order valence-corrected chi connectivity index (χ1v) is 6.54. The van der Waals surface area contributed by atoms with Crippen LogP contribution in [0, 0.1) is 0 Å². The van der Waals surface area contributed by atoms with E-state index in [9.17, 15) is 0 Å². The van der Waals surface area contributed by atoms with Crippen molar-refractivity contribution in [3.05, 3.63) is 0 Å². The lowest BCUT2D eigenvalue weighted by molar-refractivity contribution is -0.0411. The topological polar surface area (TPSA) is 44.7 Å². The van der Waals surface area contributed by atoms with Gasteiger partial charge in [0.25, 0.3) is 0 Å². The van der Waals surface area contributed by atoms with E-state index in [1.807, 2.05) is 0 Å². The summed E-state index contributed by atoms with van der Waals surface area (Å²) in [7, 11) is 0. The van der Waals surface area contributed by atoms with Gasteiger partial charge in [0.2, 0.25) is 0 Å². The van der Waals surface area contributed by atoms with E-state index in [1.165, 1.54) is 12.8 Å². The van der Waals surface area contributed by atoms with Crippen LogP contribution in [0.3, 0.4) is 0 Å². The molecule has 3 unspecified atom stereocenters. The summed E-state index contributed by atoms with van der Waals surface area (Å²) < 4.78 is 5.82. The number of likely N-dealkylation sites (N-methyl/N-ethyl adjacent to an activating group) is 1. The molecule has 4 heteroatoms. The Morgan fingerprint density at radius 2 is 2.06 bits per heavy atom. The highest BCUT2D eigenvalue weighted by molar-refractivity contribution is 4.86. The van der Waals surface area contributed by atoms with E-state index in [4.69, 9.17) is 9.84 Å². The Kier molecular flexibility index (Phi) is 4.58. The van der Waals surface area contributed by atoms with Gasteiger partial charge in [0.15, 0.2) is 0 Å². The highest BCUT2D eigenvalue weighted by Crippen LogP contribution is 2.26. The third-order valence-electron chi connectivity index (χ3n) is 3.57. The fourth-order valence-electron chi connectivity index (χ4n) is 2.86. The number of fused-ring (bicyclic) bond motifs is 2. The summed E-state index contributed by atoms with van der Waals surface area (Å²) in [6.07, 6.45) is 4.24. The molecular weight excluding hydrogens is 204 g/mol. The monoisotopic (exact) mass is 228 g/mol. The van der Waals surface area contributed by atoms with Crippen molar-refractivity contribution < 1.29 is 9.84 Å². The molecule has 2 fully saturated rings. The molecule has 2 rings (SSSR count). The zero-order valence-corrected chi connectivity index (χ0v) is 10.2. The van der Waals surface area contributed by atoms with Gasteiger partial charge in [-0.3, -0.25) is 4.90 Å². The predicted octanol–water partition coefficient (Wildman–Crippen LogP) is 0.210. The maximum atomic E-state index is 9.03. The van der Waals surface area contributed by atoms with Gasteiger partial charge in [0, 0.05) is 32.3 Å². The number of ether oxygens (including phenoxy) is 1. The van der Waals surface area contributed by atoms with Gasteiger partial charge in [0.1, 0.15) is 0 Å². The van der Waals surface area contributed by atoms with Gasteiger partial charge in [0.05, 0.1) is 12.2 Å². The van der Waals surface area contributed by atoms with Crippen molar-refractivity contribution in [2.75, 3.05) is 32.8 Å². The van der Waals surface area contributed by atoms with Crippen LogP contribution in [0.2, 0.25) is 0 Å². The van der Waals surface area contributed by atoms with Gasteiger partial charge in [-0.25, -0.2) is 0 Å². The predicted molar refractivity (Wildman–Crippen MR) is 63.5 cm³/mol. The van der Waals surface area contributed by atoms with Crippen molar-refractivity contribution in [1.82, 2.24) is 10.2 Å². The van der Waals surface area contributed by atoms with Crippen molar-refractivity contribution in [1.29, 1.82) is 0 Å². The number of aliphatic hydroxyl groups excluding tert-OH is 1. The van der Waals surface area contributed by atoms with Gasteiger partial charge in [-0.15, -0.1) is 0 Å². The number of rotatable bonds is 6. The molecule has 4 nitrogen and oxygen atoms in total. The van der Waals surface area contributed by atoms with Crippen molar-refractivity contribution in [3.63, 3.8) is 0 Å². The molecule has 2 N–H and O–H groups in total. The summed E-state index contributed by atoms with van der Waals surface area (Å²) in [5.41, 5.74) is 0. The molecule has 94 valence electrons. The Morgan fingerprint density at radius 1 is 1.38 bits per heavy atom. The number of hydrogen-bond donors (Lipinski definition) is 2. The van der Waals surface area contributed by atoms with E-state index in [1.54, 1.807) is 0 Å². The molecule has 0 aromatic heterocycles. The van der Waals surface area contributed by atoms with Gasteiger partial charge < -0.3 is 15.2 Å². The second kappa shape index (κ2) is 5.96. The van der Waals surface area contributed by atoms with E-state index in [0.717, 1.165) is 32.6 Å². The van der Waals surface area contributed by atoms with Gasteiger partial charge >= 0.3 is 0 Å². The molecule has 0 saturated carbocycles. The summed E-state index contributed by atoms with van der Waals surface area (Å²) in [5, 5.41) is 12.5. The molecule has 2 heterocycles. The molecule has 0 aromatic carbocycles. The number of morpholine rings is 1. The van der Waals surface area contributed by atoms with E-state index in [2.05, 4.69) is 17.1 Å². The average molecular weight is 228 g/mol. The van der Waals surface area contributed by atoms with Crippen LogP contribution in [0.4, 0.5) is 0 Å². The van der Waals surface area contributed by atoms with E-state index in [-0.39, 0.29) is 6.61 Å². The van der Waals surface area contributed by atoms with Gasteiger partial charge in [-0.2, -0.15) is 0 Å². The number of nitrogens with zero attached hydrogens (tertiary/aromatic N) is 1. The summed E-state index contributed by atoms with van der Waals surface area (Å²) in [4.78, 5) is 2.49. The number of nitrogens with one attached hydrogen (secondary N) is 1. The van der Waals surface area contributed by atoms with Crippen LogP contribution in [0.15, 0.2) is 0 Å². The van der Waals surface area contributed by atoms with Crippen LogP contribution < -0.4 is 5.32 Å². The minimum atomic E-state index is 0.273. The zero-order chi connectivity index (χ0) is 11.4. The zero-order valence-electron chi connectivity index (χ0n) is 10.2. The molecule has 2 aliphatic rings. The third kappa shape index (κ3) is 3.17. The Balaban J connectivity index is 1.78. The molecular formula is C12H24N2O2. The quantitative estimate of drug-likeness (QED) is 0.682. The fourth-order valence-corrected chi connectivity index (χ4v) is 2.86. The number of likely N-dealkylation sites (tertiary alicyclic amines) is 1. The van der Waals surface area contributed by atoms with Crippen LogP contribution in [0.5, 0.6) is 0 Å². The molecule has 2 bridgehead atoms. The van der Waals surface area contributed by atoms with Crippen molar-refractivity contribution in [3.8, 4) is 0 Å². The third-order valence-corrected chi connectivity index (χ3v) is 3.57. The van der Waals surface area contributed by atoms with Gasteiger partial charge in [-0.1, -0.05) is 6.92 Å². The molecule has 16 heavy (non-hydrogen) atoms. The molecule has 2 aliphatic heterocycles. The molecule has 3 atom stereocenters. The minimum Gasteiger partial charge on any atom is -0.396 e. The number of aliphatic hydroxyl groups is 1. The lowest BCUT2D eigenvalue weighted by Gasteiger charge is -2.34. The molecule has 0 spiro atoms. The van der Waals surface area contributed by atoms with Crippen molar-refractivity contribution in [2.24, 2.45) is 0 Å². The standard InChI is InChI=1S/C12H24N2O2/c1-2-13-10(5-6-15)7-14-8-11-3-4-12(9-14)16-11/h10-13,15H,2-9H2,1H3. The van der Waals surface area contributed by atoms with E-state index in [0.29, 0.717) is 18.2 Å². The van der Waals surface area contributed by atoms with E-state index < -0.39 is 0 Å². The molecule has 0 aliphatic carbocycles. The molecule has 2 saturated heterocycles. The molecule has 0 amide bonds. The Labute approximate surface area is 98.0 Å². The van der Waals surface area contributed by atoms with Crippen molar-refractivity contribution >= 4 is 0 Å². The smallest absolute Gasteiger partial charge is 0.0707 e. The van der Waals surface area contributed by atoms with Crippen LogP contribution >= 0.6 is 0 Å². The van der Waals surface area contributed by atoms with Crippen LogP contribution in [0.1, 0.15) is 26.2 Å².